The summed E-state index contributed by atoms with van der Waals surface area (Å²) in [7, 11) is 0. The largest absolute Gasteiger partial charge is 0.368 e. The monoisotopic (exact) mass is 266 g/mol. The third kappa shape index (κ3) is 3.63. The molecule has 100 valence electrons. The van der Waals surface area contributed by atoms with E-state index in [9.17, 15) is 0 Å². The summed E-state index contributed by atoms with van der Waals surface area (Å²) in [6, 6.07) is 6.52. The first kappa shape index (κ1) is 13.7. The van der Waals surface area contributed by atoms with E-state index >= 15 is 0 Å². The lowest BCUT2D eigenvalue weighted by atomic mass is 9.88. The number of benzene rings is 1. The number of hydrogen-bond donors (Lipinski definition) is 1. The molecule has 1 aliphatic heterocycles. The van der Waals surface area contributed by atoms with Crippen LogP contribution in [0.2, 0.25) is 5.02 Å². The Labute approximate surface area is 115 Å². The maximum atomic E-state index is 6.43. The van der Waals surface area contributed by atoms with Crippen LogP contribution in [0.4, 0.5) is 5.69 Å². The van der Waals surface area contributed by atoms with E-state index < -0.39 is 0 Å². The first-order valence-corrected chi connectivity index (χ1v) is 7.08. The fourth-order valence-corrected chi connectivity index (χ4v) is 2.76. The van der Waals surface area contributed by atoms with Gasteiger partial charge in [0.2, 0.25) is 0 Å². The van der Waals surface area contributed by atoms with Gasteiger partial charge in [-0.25, -0.2) is 0 Å². The first-order valence-electron chi connectivity index (χ1n) is 6.70. The lowest BCUT2D eigenvalue weighted by Gasteiger charge is -2.30. The Morgan fingerprint density at radius 1 is 1.22 bits per heavy atom. The maximum absolute atomic E-state index is 6.43. The third-order valence-electron chi connectivity index (χ3n) is 3.20. The van der Waals surface area contributed by atoms with Gasteiger partial charge in [-0.2, -0.15) is 0 Å². The summed E-state index contributed by atoms with van der Waals surface area (Å²) in [5, 5.41) is 4.25. The van der Waals surface area contributed by atoms with Crippen LogP contribution < -0.4 is 10.2 Å². The summed E-state index contributed by atoms with van der Waals surface area (Å²) in [4.78, 5) is 2.36. The van der Waals surface area contributed by atoms with Crippen LogP contribution in [0.1, 0.15) is 26.3 Å². The van der Waals surface area contributed by atoms with Crippen LogP contribution in [0, 0.1) is 5.41 Å². The van der Waals surface area contributed by atoms with Crippen molar-refractivity contribution < 1.29 is 0 Å². The molecule has 1 N–H and O–H groups in total. The molecule has 0 atom stereocenters. The molecule has 1 fully saturated rings. The highest BCUT2D eigenvalue weighted by Crippen LogP contribution is 2.29. The van der Waals surface area contributed by atoms with Crippen molar-refractivity contribution in [3.63, 3.8) is 0 Å². The average molecular weight is 267 g/mol. The molecular weight excluding hydrogens is 244 g/mol. The molecule has 1 aromatic rings. The zero-order valence-corrected chi connectivity index (χ0v) is 12.3. The normalized spacial score (nSPS) is 17.0. The van der Waals surface area contributed by atoms with E-state index in [1.165, 1.54) is 11.3 Å². The molecule has 0 aliphatic carbocycles. The molecule has 0 aromatic heterocycles. The molecule has 1 saturated heterocycles. The number of nitrogens with one attached hydrogen (secondary N) is 1. The topological polar surface area (TPSA) is 15.3 Å². The summed E-state index contributed by atoms with van der Waals surface area (Å²) in [6.07, 6.45) is 1.06. The smallest absolute Gasteiger partial charge is 0.0642 e. The highest BCUT2D eigenvalue weighted by atomic mass is 35.5. The number of hydrogen-bond acceptors (Lipinski definition) is 2. The molecule has 0 spiro atoms. The Morgan fingerprint density at radius 3 is 2.44 bits per heavy atom. The molecule has 0 radical (unpaired) electrons. The molecule has 3 heteroatoms. The van der Waals surface area contributed by atoms with E-state index in [0.717, 1.165) is 37.6 Å². The van der Waals surface area contributed by atoms with Crippen molar-refractivity contribution in [3.05, 3.63) is 28.8 Å². The van der Waals surface area contributed by atoms with Gasteiger partial charge in [-0.3, -0.25) is 0 Å². The second-order valence-corrected chi connectivity index (χ2v) is 6.67. The minimum absolute atomic E-state index is 0.305. The van der Waals surface area contributed by atoms with Crippen molar-refractivity contribution >= 4 is 17.3 Å². The van der Waals surface area contributed by atoms with Gasteiger partial charge in [-0.15, -0.1) is 0 Å². The molecule has 18 heavy (non-hydrogen) atoms. The molecule has 0 amide bonds. The summed E-state index contributed by atoms with van der Waals surface area (Å²) >= 11 is 6.43. The molecule has 1 heterocycles. The molecule has 1 aliphatic rings. The van der Waals surface area contributed by atoms with Gasteiger partial charge in [0.1, 0.15) is 0 Å². The highest BCUT2D eigenvalue weighted by molar-refractivity contribution is 6.33. The fourth-order valence-electron chi connectivity index (χ4n) is 2.43. The molecule has 2 nitrogen and oxygen atoms in total. The van der Waals surface area contributed by atoms with E-state index in [-0.39, 0.29) is 0 Å². The lowest BCUT2D eigenvalue weighted by Crippen LogP contribution is -2.43. The Hall–Kier alpha value is -0.730. The van der Waals surface area contributed by atoms with Gasteiger partial charge in [0.05, 0.1) is 10.7 Å². The van der Waals surface area contributed by atoms with Crippen molar-refractivity contribution in [2.75, 3.05) is 31.1 Å². The standard InChI is InChI=1S/C15H23ClN2/c1-15(2,3)11-12-4-5-14(13(16)10-12)18-8-6-17-7-9-18/h4-5,10,17H,6-9,11H2,1-3H3. The molecule has 0 bridgehead atoms. The fraction of sp³-hybridized carbons (Fsp3) is 0.600. The van der Waals surface area contributed by atoms with Gasteiger partial charge in [0, 0.05) is 26.2 Å². The minimum Gasteiger partial charge on any atom is -0.368 e. The second kappa shape index (κ2) is 5.50. The summed E-state index contributed by atoms with van der Waals surface area (Å²) in [5.41, 5.74) is 2.81. The second-order valence-electron chi connectivity index (χ2n) is 6.26. The van der Waals surface area contributed by atoms with Crippen LogP contribution >= 0.6 is 11.6 Å². The Morgan fingerprint density at radius 2 is 1.89 bits per heavy atom. The average Bonchev–Trinajstić information content (AvgIpc) is 2.28. The van der Waals surface area contributed by atoms with E-state index in [4.69, 9.17) is 11.6 Å². The van der Waals surface area contributed by atoms with Crippen LogP contribution in [0.5, 0.6) is 0 Å². The zero-order chi connectivity index (χ0) is 13.2. The van der Waals surface area contributed by atoms with Crippen molar-refractivity contribution in [2.45, 2.75) is 27.2 Å². The van der Waals surface area contributed by atoms with Crippen LogP contribution in [0.25, 0.3) is 0 Å². The maximum Gasteiger partial charge on any atom is 0.0642 e. The molecular formula is C15H23ClN2. The molecule has 2 rings (SSSR count). The van der Waals surface area contributed by atoms with Gasteiger partial charge in [-0.1, -0.05) is 38.4 Å². The number of rotatable bonds is 2. The summed E-state index contributed by atoms with van der Waals surface area (Å²) in [6.45, 7) is 10.9. The predicted molar refractivity (Wildman–Crippen MR) is 79.7 cm³/mol. The van der Waals surface area contributed by atoms with Gasteiger partial charge in [0.25, 0.3) is 0 Å². The molecule has 1 aromatic carbocycles. The van der Waals surface area contributed by atoms with Crippen molar-refractivity contribution in [1.82, 2.24) is 5.32 Å². The zero-order valence-electron chi connectivity index (χ0n) is 11.6. The Bertz CT molecular complexity index is 403. The summed E-state index contributed by atoms with van der Waals surface area (Å²) in [5.74, 6) is 0. The number of nitrogens with zero attached hydrogens (tertiary/aromatic N) is 1. The first-order chi connectivity index (χ1) is 8.46. The van der Waals surface area contributed by atoms with E-state index in [1.807, 2.05) is 0 Å². The summed E-state index contributed by atoms with van der Waals surface area (Å²) < 4.78 is 0. The van der Waals surface area contributed by atoms with E-state index in [1.54, 1.807) is 0 Å². The van der Waals surface area contributed by atoms with Crippen LogP contribution in [0.3, 0.4) is 0 Å². The molecule has 0 saturated carbocycles. The van der Waals surface area contributed by atoms with E-state index in [2.05, 4.69) is 49.2 Å². The van der Waals surface area contributed by atoms with Gasteiger partial charge in [-0.05, 0) is 29.5 Å². The Balaban J connectivity index is 2.14. The van der Waals surface area contributed by atoms with Crippen LogP contribution in [0.15, 0.2) is 18.2 Å². The minimum atomic E-state index is 0.305. The van der Waals surface area contributed by atoms with E-state index in [0.29, 0.717) is 5.41 Å². The predicted octanol–water partition coefficient (Wildman–Crippen LogP) is 3.34. The number of piperazine rings is 1. The van der Waals surface area contributed by atoms with Crippen molar-refractivity contribution in [1.29, 1.82) is 0 Å². The van der Waals surface area contributed by atoms with Crippen molar-refractivity contribution in [2.24, 2.45) is 5.41 Å². The van der Waals surface area contributed by atoms with Gasteiger partial charge < -0.3 is 10.2 Å². The third-order valence-corrected chi connectivity index (χ3v) is 3.51. The van der Waals surface area contributed by atoms with Crippen LogP contribution in [-0.4, -0.2) is 26.2 Å². The SMILES string of the molecule is CC(C)(C)Cc1ccc(N2CCNCC2)c(Cl)c1. The Kier molecular flexibility index (Phi) is 4.18. The highest BCUT2D eigenvalue weighted by Gasteiger charge is 2.16. The van der Waals surface area contributed by atoms with Crippen LogP contribution in [-0.2, 0) is 6.42 Å². The number of anilines is 1. The quantitative estimate of drug-likeness (QED) is 0.883. The van der Waals surface area contributed by atoms with Gasteiger partial charge in [0.15, 0.2) is 0 Å². The lowest BCUT2D eigenvalue weighted by molar-refractivity contribution is 0.411. The number of halogens is 1. The van der Waals surface area contributed by atoms with Gasteiger partial charge >= 0.3 is 0 Å². The molecule has 0 unspecified atom stereocenters. The van der Waals surface area contributed by atoms with Crippen molar-refractivity contribution in [3.8, 4) is 0 Å².